The van der Waals surface area contributed by atoms with Crippen LogP contribution in [0.15, 0.2) is 22.6 Å². The molecule has 0 aliphatic carbocycles. The molecule has 0 aliphatic heterocycles. The van der Waals surface area contributed by atoms with Gasteiger partial charge in [0, 0.05) is 5.39 Å². The second kappa shape index (κ2) is 4.32. The third-order valence-corrected chi connectivity index (χ3v) is 2.11. The zero-order valence-corrected chi connectivity index (χ0v) is 9.64. The van der Waals surface area contributed by atoms with Crippen LogP contribution in [0.25, 0.3) is 11.0 Å². The van der Waals surface area contributed by atoms with Crippen LogP contribution < -0.4 is 0 Å². The first-order valence-electron chi connectivity index (χ1n) is 5.14. The summed E-state index contributed by atoms with van der Waals surface area (Å²) in [6, 6.07) is 6.34. The molecule has 1 heteroatoms. The van der Waals surface area contributed by atoms with Crippen LogP contribution in [-0.2, 0) is 0 Å². The van der Waals surface area contributed by atoms with Gasteiger partial charge in [0.05, 0.1) is 0 Å². The second-order valence-electron chi connectivity index (χ2n) is 3.35. The molecule has 1 aromatic heterocycles. The Morgan fingerprint density at radius 1 is 0.929 bits per heavy atom. The second-order valence-corrected chi connectivity index (χ2v) is 3.35. The summed E-state index contributed by atoms with van der Waals surface area (Å²) in [7, 11) is 0. The summed E-state index contributed by atoms with van der Waals surface area (Å²) in [6.45, 7) is 10.2. The van der Waals surface area contributed by atoms with Gasteiger partial charge in [-0.15, -0.1) is 0 Å². The number of rotatable bonds is 0. The summed E-state index contributed by atoms with van der Waals surface area (Å²) in [5.41, 5.74) is 3.56. The van der Waals surface area contributed by atoms with Crippen LogP contribution in [0.3, 0.4) is 0 Å². The molecule has 0 amide bonds. The lowest BCUT2D eigenvalue weighted by Crippen LogP contribution is -1.76. The highest BCUT2D eigenvalue weighted by Gasteiger charge is 2.02. The summed E-state index contributed by atoms with van der Waals surface area (Å²) < 4.78 is 5.53. The van der Waals surface area contributed by atoms with Crippen molar-refractivity contribution in [1.82, 2.24) is 0 Å². The van der Waals surface area contributed by atoms with Gasteiger partial charge in [-0.1, -0.05) is 19.9 Å². The standard InChI is InChI=1S/C11H12O.C2H6/c1-7-4-8(2)10-6-9(3)12-11(10)5-7;1-2/h4-6H,1-3H3;1-2H3. The van der Waals surface area contributed by atoms with E-state index in [1.165, 1.54) is 16.5 Å². The van der Waals surface area contributed by atoms with Gasteiger partial charge in [0.25, 0.3) is 0 Å². The molecule has 0 saturated carbocycles. The van der Waals surface area contributed by atoms with Crippen molar-refractivity contribution >= 4 is 11.0 Å². The monoisotopic (exact) mass is 190 g/mol. The van der Waals surface area contributed by atoms with Crippen molar-refractivity contribution in [3.63, 3.8) is 0 Å². The average Bonchev–Trinajstić information content (AvgIpc) is 2.49. The number of fused-ring (bicyclic) bond motifs is 1. The molecule has 2 aromatic rings. The Morgan fingerprint density at radius 3 is 2.21 bits per heavy atom. The Labute approximate surface area is 85.7 Å². The van der Waals surface area contributed by atoms with E-state index in [1.54, 1.807) is 0 Å². The summed E-state index contributed by atoms with van der Waals surface area (Å²) in [5, 5.41) is 1.23. The minimum absolute atomic E-state index is 0.985. The highest BCUT2D eigenvalue weighted by Crippen LogP contribution is 2.23. The van der Waals surface area contributed by atoms with E-state index in [1.807, 2.05) is 20.8 Å². The Balaban J connectivity index is 0.000000461. The molecule has 76 valence electrons. The fourth-order valence-electron chi connectivity index (χ4n) is 1.62. The van der Waals surface area contributed by atoms with E-state index in [-0.39, 0.29) is 0 Å². The number of aryl methyl sites for hydroxylation is 3. The molecule has 0 atom stereocenters. The van der Waals surface area contributed by atoms with E-state index < -0.39 is 0 Å². The molecular weight excluding hydrogens is 172 g/mol. The normalized spacial score (nSPS) is 9.79. The van der Waals surface area contributed by atoms with Gasteiger partial charge in [0.1, 0.15) is 11.3 Å². The van der Waals surface area contributed by atoms with Crippen molar-refractivity contribution in [3.8, 4) is 0 Å². The van der Waals surface area contributed by atoms with Crippen LogP contribution >= 0.6 is 0 Å². The van der Waals surface area contributed by atoms with Gasteiger partial charge in [-0.3, -0.25) is 0 Å². The van der Waals surface area contributed by atoms with Crippen LogP contribution in [0.2, 0.25) is 0 Å². The zero-order valence-electron chi connectivity index (χ0n) is 9.64. The summed E-state index contributed by atoms with van der Waals surface area (Å²) in [5.74, 6) is 0.985. The smallest absolute Gasteiger partial charge is 0.134 e. The van der Waals surface area contributed by atoms with Crippen molar-refractivity contribution < 1.29 is 4.42 Å². The highest BCUT2D eigenvalue weighted by molar-refractivity contribution is 5.82. The molecule has 0 saturated heterocycles. The van der Waals surface area contributed by atoms with Gasteiger partial charge < -0.3 is 4.42 Å². The van der Waals surface area contributed by atoms with Crippen LogP contribution in [0.1, 0.15) is 30.7 Å². The molecule has 1 aromatic carbocycles. The molecule has 1 heterocycles. The van der Waals surface area contributed by atoms with Gasteiger partial charge in [0.15, 0.2) is 0 Å². The molecule has 1 nitrogen and oxygen atoms in total. The third kappa shape index (κ3) is 1.98. The maximum atomic E-state index is 5.53. The SMILES string of the molecule is CC.Cc1cc(C)c2cc(C)oc2c1. The maximum absolute atomic E-state index is 5.53. The molecule has 0 radical (unpaired) electrons. The largest absolute Gasteiger partial charge is 0.461 e. The third-order valence-electron chi connectivity index (χ3n) is 2.11. The minimum atomic E-state index is 0.985. The Bertz CT molecular complexity index is 424. The lowest BCUT2D eigenvalue weighted by Gasteiger charge is -1.96. The minimum Gasteiger partial charge on any atom is -0.461 e. The first-order valence-corrected chi connectivity index (χ1v) is 5.14. The van der Waals surface area contributed by atoms with Crippen LogP contribution in [0.4, 0.5) is 0 Å². The Hall–Kier alpha value is -1.24. The van der Waals surface area contributed by atoms with Crippen LogP contribution in [-0.4, -0.2) is 0 Å². The summed E-state index contributed by atoms with van der Waals surface area (Å²) >= 11 is 0. The van der Waals surface area contributed by atoms with E-state index in [4.69, 9.17) is 4.42 Å². The van der Waals surface area contributed by atoms with Crippen LogP contribution in [0.5, 0.6) is 0 Å². The molecule has 0 unspecified atom stereocenters. The van der Waals surface area contributed by atoms with Crippen molar-refractivity contribution in [3.05, 3.63) is 35.1 Å². The van der Waals surface area contributed by atoms with Crippen molar-refractivity contribution in [1.29, 1.82) is 0 Å². The fraction of sp³-hybridized carbons (Fsp3) is 0.385. The van der Waals surface area contributed by atoms with E-state index >= 15 is 0 Å². The van der Waals surface area contributed by atoms with Gasteiger partial charge in [0.2, 0.25) is 0 Å². The lowest BCUT2D eigenvalue weighted by atomic mass is 10.1. The number of hydrogen-bond acceptors (Lipinski definition) is 1. The van der Waals surface area contributed by atoms with Crippen molar-refractivity contribution in [2.75, 3.05) is 0 Å². The highest BCUT2D eigenvalue weighted by atomic mass is 16.3. The quantitative estimate of drug-likeness (QED) is 0.600. The molecule has 0 N–H and O–H groups in total. The predicted molar refractivity (Wildman–Crippen MR) is 61.8 cm³/mol. The van der Waals surface area contributed by atoms with Gasteiger partial charge in [-0.2, -0.15) is 0 Å². The van der Waals surface area contributed by atoms with Crippen LogP contribution in [0, 0.1) is 20.8 Å². The first kappa shape index (κ1) is 10.8. The van der Waals surface area contributed by atoms with E-state index in [0.29, 0.717) is 0 Å². The Morgan fingerprint density at radius 2 is 1.57 bits per heavy atom. The molecular formula is C13H18O. The van der Waals surface area contributed by atoms with Gasteiger partial charge in [-0.05, 0) is 44.0 Å². The van der Waals surface area contributed by atoms with E-state index in [2.05, 4.69) is 32.0 Å². The van der Waals surface area contributed by atoms with E-state index in [0.717, 1.165) is 11.3 Å². The summed E-state index contributed by atoms with van der Waals surface area (Å²) in [4.78, 5) is 0. The fourth-order valence-corrected chi connectivity index (χ4v) is 1.62. The maximum Gasteiger partial charge on any atom is 0.134 e. The van der Waals surface area contributed by atoms with Gasteiger partial charge >= 0.3 is 0 Å². The number of furan rings is 1. The summed E-state index contributed by atoms with van der Waals surface area (Å²) in [6.07, 6.45) is 0. The van der Waals surface area contributed by atoms with Crippen molar-refractivity contribution in [2.24, 2.45) is 0 Å². The molecule has 0 bridgehead atoms. The molecule has 14 heavy (non-hydrogen) atoms. The topological polar surface area (TPSA) is 13.1 Å². The Kier molecular flexibility index (Phi) is 3.34. The molecule has 0 aliphatic rings. The first-order chi connectivity index (χ1) is 6.66. The van der Waals surface area contributed by atoms with Crippen molar-refractivity contribution in [2.45, 2.75) is 34.6 Å². The lowest BCUT2D eigenvalue weighted by molar-refractivity contribution is 0.578. The van der Waals surface area contributed by atoms with E-state index in [9.17, 15) is 0 Å². The van der Waals surface area contributed by atoms with Gasteiger partial charge in [-0.25, -0.2) is 0 Å². The molecule has 0 fully saturated rings. The predicted octanol–water partition coefficient (Wildman–Crippen LogP) is 4.38. The number of hydrogen-bond donors (Lipinski definition) is 0. The zero-order chi connectivity index (χ0) is 10.7. The number of benzene rings is 1. The average molecular weight is 190 g/mol. The molecule has 2 rings (SSSR count). The molecule has 0 spiro atoms.